The number of aromatic hydroxyl groups is 1. The maximum atomic E-state index is 12.6. The van der Waals surface area contributed by atoms with E-state index in [9.17, 15) is 9.90 Å². The number of nitrogens with zero attached hydrogens (tertiary/aromatic N) is 2. The first kappa shape index (κ1) is 19.0. The van der Waals surface area contributed by atoms with Crippen molar-refractivity contribution in [2.75, 3.05) is 0 Å². The van der Waals surface area contributed by atoms with E-state index in [0.29, 0.717) is 22.6 Å². The molecule has 6 rings (SSSR count). The molecule has 6 nitrogen and oxygen atoms in total. The minimum atomic E-state index is -1.28. The van der Waals surface area contributed by atoms with Crippen molar-refractivity contribution in [2.45, 2.75) is 18.3 Å². The fourth-order valence-corrected chi connectivity index (χ4v) is 5.32. The largest absolute Gasteiger partial charge is 0.507 e. The molecule has 0 saturated carbocycles. The minimum absolute atomic E-state index is 0.0954. The van der Waals surface area contributed by atoms with Crippen LogP contribution in [-0.2, 0) is 0 Å². The SMILES string of the molecule is O=C1N[C@@]2(Oc3ccccc3[C@@H]3CC(c4ccccc4)=NN32)/C(=C/c2ccccc2O)S1. The van der Waals surface area contributed by atoms with Gasteiger partial charge in [-0.3, -0.25) is 10.1 Å². The summed E-state index contributed by atoms with van der Waals surface area (Å²) in [5.74, 6) is -0.429. The van der Waals surface area contributed by atoms with Crippen molar-refractivity contribution in [1.29, 1.82) is 0 Å². The topological polar surface area (TPSA) is 74.2 Å². The number of benzene rings is 3. The fraction of sp³-hybridized carbons (Fsp3) is 0.120. The van der Waals surface area contributed by atoms with Crippen molar-refractivity contribution in [3.05, 3.63) is 100 Å². The lowest BCUT2D eigenvalue weighted by atomic mass is 9.95. The summed E-state index contributed by atoms with van der Waals surface area (Å²) >= 11 is 1.06. The van der Waals surface area contributed by atoms with Crippen molar-refractivity contribution >= 4 is 28.8 Å². The molecule has 0 radical (unpaired) electrons. The summed E-state index contributed by atoms with van der Waals surface area (Å²) in [5, 5.41) is 19.9. The Kier molecular flexibility index (Phi) is 4.26. The molecule has 2 N–H and O–H groups in total. The Balaban J connectivity index is 1.53. The van der Waals surface area contributed by atoms with Gasteiger partial charge in [0.15, 0.2) is 0 Å². The smallest absolute Gasteiger partial charge is 0.314 e. The lowest BCUT2D eigenvalue weighted by Gasteiger charge is -2.45. The van der Waals surface area contributed by atoms with E-state index in [1.165, 1.54) is 0 Å². The maximum absolute atomic E-state index is 12.6. The van der Waals surface area contributed by atoms with Gasteiger partial charge in [0, 0.05) is 17.5 Å². The average molecular weight is 442 g/mol. The molecule has 0 aromatic heterocycles. The molecular weight excluding hydrogens is 422 g/mol. The number of nitrogens with one attached hydrogen (secondary N) is 1. The van der Waals surface area contributed by atoms with Gasteiger partial charge in [-0.05, 0) is 35.5 Å². The van der Waals surface area contributed by atoms with Gasteiger partial charge in [-0.1, -0.05) is 66.7 Å². The zero-order valence-corrected chi connectivity index (χ0v) is 17.8. The van der Waals surface area contributed by atoms with Crippen molar-refractivity contribution < 1.29 is 14.6 Å². The zero-order valence-electron chi connectivity index (χ0n) is 16.9. The van der Waals surface area contributed by atoms with Crippen LogP contribution in [0.25, 0.3) is 6.08 Å². The number of phenolic OH excluding ortho intramolecular Hbond substituents is 1. The first-order valence-corrected chi connectivity index (χ1v) is 11.2. The molecule has 0 bridgehead atoms. The van der Waals surface area contributed by atoms with Gasteiger partial charge in [0.2, 0.25) is 0 Å². The summed E-state index contributed by atoms with van der Waals surface area (Å²) in [6.45, 7) is 0. The number of phenols is 1. The number of fused-ring (bicyclic) bond motifs is 4. The molecule has 0 unspecified atom stereocenters. The Labute approximate surface area is 189 Å². The fourth-order valence-electron chi connectivity index (χ4n) is 4.42. The number of hydrazone groups is 1. The monoisotopic (exact) mass is 441 g/mol. The van der Waals surface area contributed by atoms with Crippen LogP contribution in [-0.4, -0.2) is 26.9 Å². The second-order valence-corrected chi connectivity index (χ2v) is 8.86. The van der Waals surface area contributed by atoms with Gasteiger partial charge in [-0.15, -0.1) is 0 Å². The molecule has 1 fully saturated rings. The third kappa shape index (κ3) is 2.89. The molecule has 3 aliphatic heterocycles. The van der Waals surface area contributed by atoms with E-state index < -0.39 is 5.85 Å². The van der Waals surface area contributed by atoms with Crippen LogP contribution in [0, 0.1) is 0 Å². The highest BCUT2D eigenvalue weighted by atomic mass is 32.2. The van der Waals surface area contributed by atoms with Gasteiger partial charge < -0.3 is 9.84 Å². The van der Waals surface area contributed by atoms with Crippen LogP contribution in [0.3, 0.4) is 0 Å². The maximum Gasteiger partial charge on any atom is 0.314 e. The lowest BCUT2D eigenvalue weighted by molar-refractivity contribution is -0.0949. The normalized spacial score (nSPS) is 24.7. The van der Waals surface area contributed by atoms with E-state index in [4.69, 9.17) is 9.84 Å². The number of hydrogen-bond donors (Lipinski definition) is 2. The molecule has 1 spiro atoms. The van der Waals surface area contributed by atoms with Crippen LogP contribution in [0.5, 0.6) is 11.5 Å². The van der Waals surface area contributed by atoms with Crippen molar-refractivity contribution in [1.82, 2.24) is 10.3 Å². The van der Waals surface area contributed by atoms with Gasteiger partial charge in [0.05, 0.1) is 16.7 Å². The van der Waals surface area contributed by atoms with Gasteiger partial charge >= 0.3 is 5.85 Å². The van der Waals surface area contributed by atoms with Crippen molar-refractivity contribution in [2.24, 2.45) is 5.10 Å². The Morgan fingerprint density at radius 2 is 1.81 bits per heavy atom. The summed E-state index contributed by atoms with van der Waals surface area (Å²) in [6, 6.07) is 24.8. The van der Waals surface area contributed by atoms with Crippen LogP contribution in [0.4, 0.5) is 4.79 Å². The van der Waals surface area contributed by atoms with Gasteiger partial charge in [-0.25, -0.2) is 5.01 Å². The Hall–Kier alpha value is -3.71. The first-order valence-electron chi connectivity index (χ1n) is 10.3. The number of amides is 1. The molecule has 0 aliphatic carbocycles. The predicted molar refractivity (Wildman–Crippen MR) is 124 cm³/mol. The molecule has 7 heteroatoms. The number of carbonyl (C=O) groups excluding carboxylic acids is 1. The van der Waals surface area contributed by atoms with Crippen LogP contribution in [0.1, 0.15) is 29.2 Å². The van der Waals surface area contributed by atoms with E-state index in [0.717, 1.165) is 28.6 Å². The summed E-state index contributed by atoms with van der Waals surface area (Å²) in [6.07, 6.45) is 2.48. The van der Waals surface area contributed by atoms with E-state index in [1.807, 2.05) is 65.7 Å². The van der Waals surface area contributed by atoms with Crippen molar-refractivity contribution in [3.63, 3.8) is 0 Å². The quantitative estimate of drug-likeness (QED) is 0.580. The minimum Gasteiger partial charge on any atom is -0.507 e. The molecule has 2 atom stereocenters. The average Bonchev–Trinajstić information content (AvgIpc) is 3.39. The van der Waals surface area contributed by atoms with E-state index >= 15 is 0 Å². The second-order valence-electron chi connectivity index (χ2n) is 7.84. The van der Waals surface area contributed by atoms with Crippen LogP contribution in [0.15, 0.2) is 88.9 Å². The first-order chi connectivity index (χ1) is 15.6. The standard InChI is InChI=1S/C25H19N3O3S/c29-21-12-6-4-10-17(21)14-23-25(26-24(30)32-23)28-20(18-11-5-7-13-22(18)31-25)15-19(27-28)16-8-2-1-3-9-16/h1-14,20,29H,15H2,(H,26,30)/b23-14-/t20-,25-/m0/s1. The number of rotatable bonds is 2. The lowest BCUT2D eigenvalue weighted by Crippen LogP contribution is -2.61. The van der Waals surface area contributed by atoms with Gasteiger partial charge in [0.1, 0.15) is 11.5 Å². The third-order valence-electron chi connectivity index (χ3n) is 5.91. The molecule has 3 aromatic carbocycles. The highest BCUT2D eigenvalue weighted by Crippen LogP contribution is 2.52. The number of carbonyl (C=O) groups is 1. The highest BCUT2D eigenvalue weighted by Gasteiger charge is 2.58. The van der Waals surface area contributed by atoms with E-state index in [2.05, 4.69) is 5.32 Å². The number of para-hydroxylation sites is 2. The molecular formula is C25H19N3O3S. The number of thioether (sulfide) groups is 1. The number of ether oxygens (including phenoxy) is 1. The van der Waals surface area contributed by atoms with Crippen molar-refractivity contribution in [3.8, 4) is 11.5 Å². The van der Waals surface area contributed by atoms with Crippen LogP contribution < -0.4 is 10.1 Å². The molecule has 1 saturated heterocycles. The molecule has 1 amide bonds. The number of hydrogen-bond acceptors (Lipinski definition) is 6. The summed E-state index contributed by atoms with van der Waals surface area (Å²) in [5.41, 5.74) is 3.61. The Morgan fingerprint density at radius 3 is 2.66 bits per heavy atom. The summed E-state index contributed by atoms with van der Waals surface area (Å²) in [4.78, 5) is 13.3. The molecule has 3 heterocycles. The third-order valence-corrected chi connectivity index (χ3v) is 6.81. The summed E-state index contributed by atoms with van der Waals surface area (Å²) in [7, 11) is 0. The Bertz CT molecular complexity index is 1290. The predicted octanol–water partition coefficient (Wildman–Crippen LogP) is 5.09. The van der Waals surface area contributed by atoms with Gasteiger partial charge in [0.25, 0.3) is 5.24 Å². The zero-order chi connectivity index (χ0) is 21.7. The molecule has 3 aliphatic rings. The molecule has 3 aromatic rings. The summed E-state index contributed by atoms with van der Waals surface area (Å²) < 4.78 is 6.49. The molecule has 32 heavy (non-hydrogen) atoms. The highest BCUT2D eigenvalue weighted by molar-refractivity contribution is 8.17. The second kappa shape index (κ2) is 7.17. The van der Waals surface area contributed by atoms with Crippen LogP contribution >= 0.6 is 11.8 Å². The van der Waals surface area contributed by atoms with E-state index in [1.54, 1.807) is 24.3 Å². The van der Waals surface area contributed by atoms with E-state index in [-0.39, 0.29) is 17.0 Å². The van der Waals surface area contributed by atoms with Gasteiger partial charge in [-0.2, -0.15) is 5.10 Å². The Morgan fingerprint density at radius 1 is 1.06 bits per heavy atom. The van der Waals surface area contributed by atoms with Crippen LogP contribution in [0.2, 0.25) is 0 Å². The molecule has 158 valence electrons.